The number of unbranched alkanes of at least 4 members (excludes halogenated alkanes) is 2. The topological polar surface area (TPSA) is 17.1 Å². The van der Waals surface area contributed by atoms with Gasteiger partial charge in [0.2, 0.25) is 0 Å². The van der Waals surface area contributed by atoms with Gasteiger partial charge in [0, 0.05) is 11.7 Å². The molecule has 0 aromatic heterocycles. The number of aldehydes is 1. The Hall–Kier alpha value is 0.0200. The van der Waals surface area contributed by atoms with Crippen molar-refractivity contribution in [1.29, 1.82) is 0 Å². The van der Waals surface area contributed by atoms with E-state index in [1.165, 1.54) is 31.4 Å². The predicted molar refractivity (Wildman–Crippen MR) is 50.0 cm³/mol. The Bertz CT molecular complexity index is 108. The molecule has 0 radical (unpaired) electrons. The quantitative estimate of drug-likeness (QED) is 0.468. The Morgan fingerprint density at radius 1 is 1.45 bits per heavy atom. The molecule has 1 saturated heterocycles. The highest BCUT2D eigenvalue weighted by atomic mass is 32.2. The number of carbonyl (C=O) groups excluding carboxylic acids is 1. The first-order valence-corrected chi connectivity index (χ1v) is 5.53. The molecular weight excluding hydrogens is 156 g/mol. The maximum absolute atomic E-state index is 10.00. The summed E-state index contributed by atoms with van der Waals surface area (Å²) in [5.41, 5.74) is 0. The zero-order valence-corrected chi connectivity index (χ0v) is 7.74. The summed E-state index contributed by atoms with van der Waals surface area (Å²) in [7, 11) is 0. The van der Waals surface area contributed by atoms with Crippen LogP contribution in [0.3, 0.4) is 0 Å². The highest BCUT2D eigenvalue weighted by molar-refractivity contribution is 8.00. The minimum atomic E-state index is 0.761. The lowest BCUT2D eigenvalue weighted by atomic mass is 10.1. The van der Waals surface area contributed by atoms with Crippen molar-refractivity contribution < 1.29 is 4.79 Å². The molecule has 0 aliphatic carbocycles. The van der Waals surface area contributed by atoms with Crippen LogP contribution in [0.4, 0.5) is 0 Å². The van der Waals surface area contributed by atoms with Gasteiger partial charge in [-0.1, -0.05) is 6.42 Å². The Labute approximate surface area is 72.9 Å². The summed E-state index contributed by atoms with van der Waals surface area (Å²) in [4.78, 5) is 10.00. The molecule has 64 valence electrons. The van der Waals surface area contributed by atoms with Crippen molar-refractivity contribution in [3.63, 3.8) is 0 Å². The average molecular weight is 172 g/mol. The summed E-state index contributed by atoms with van der Waals surface area (Å²) in [5, 5.41) is 0.918. The van der Waals surface area contributed by atoms with Crippen LogP contribution in [0.1, 0.15) is 38.5 Å². The van der Waals surface area contributed by atoms with Gasteiger partial charge in [-0.3, -0.25) is 0 Å². The van der Waals surface area contributed by atoms with E-state index in [1.807, 2.05) is 0 Å². The van der Waals surface area contributed by atoms with E-state index in [1.54, 1.807) is 0 Å². The number of carbonyl (C=O) groups is 1. The van der Waals surface area contributed by atoms with Crippen LogP contribution in [0.5, 0.6) is 0 Å². The maximum Gasteiger partial charge on any atom is 0.119 e. The molecule has 1 heterocycles. The molecule has 1 aliphatic heterocycles. The Morgan fingerprint density at radius 2 is 2.36 bits per heavy atom. The summed E-state index contributed by atoms with van der Waals surface area (Å²) in [6.45, 7) is 0. The largest absolute Gasteiger partial charge is 0.303 e. The van der Waals surface area contributed by atoms with Crippen molar-refractivity contribution >= 4 is 18.0 Å². The smallest absolute Gasteiger partial charge is 0.119 e. The zero-order valence-electron chi connectivity index (χ0n) is 6.92. The lowest BCUT2D eigenvalue weighted by molar-refractivity contribution is -0.107. The highest BCUT2D eigenvalue weighted by Gasteiger charge is 2.14. The third-order valence-electron chi connectivity index (χ3n) is 2.12. The fourth-order valence-electron chi connectivity index (χ4n) is 1.47. The van der Waals surface area contributed by atoms with Gasteiger partial charge in [-0.25, -0.2) is 0 Å². The van der Waals surface area contributed by atoms with Gasteiger partial charge < -0.3 is 4.79 Å². The van der Waals surface area contributed by atoms with Crippen LogP contribution >= 0.6 is 11.8 Å². The van der Waals surface area contributed by atoms with Gasteiger partial charge in [0.1, 0.15) is 6.29 Å². The lowest BCUT2D eigenvalue weighted by Gasteiger charge is -2.05. The number of hydrogen-bond acceptors (Lipinski definition) is 2. The normalized spacial score (nSPS) is 23.8. The van der Waals surface area contributed by atoms with Gasteiger partial charge in [-0.15, -0.1) is 0 Å². The molecule has 1 fully saturated rings. The average Bonchev–Trinajstić information content (AvgIpc) is 2.50. The third-order valence-corrected chi connectivity index (χ3v) is 3.59. The summed E-state index contributed by atoms with van der Waals surface area (Å²) in [5.74, 6) is 1.36. The Kier molecular flexibility index (Phi) is 4.67. The second kappa shape index (κ2) is 5.64. The van der Waals surface area contributed by atoms with Crippen molar-refractivity contribution in [2.75, 3.05) is 5.75 Å². The van der Waals surface area contributed by atoms with Crippen molar-refractivity contribution in [3.8, 4) is 0 Å². The van der Waals surface area contributed by atoms with E-state index >= 15 is 0 Å². The standard InChI is InChI=1S/C9H16OS/c10-7-3-1-2-5-9-6-4-8-11-9/h7,9H,1-6,8H2/t9-/m1/s1. The van der Waals surface area contributed by atoms with Crippen LogP contribution in [-0.2, 0) is 4.79 Å². The van der Waals surface area contributed by atoms with Crippen LogP contribution < -0.4 is 0 Å². The molecule has 1 nitrogen and oxygen atoms in total. The van der Waals surface area contributed by atoms with Crippen LogP contribution in [0.25, 0.3) is 0 Å². The molecule has 1 rings (SSSR count). The van der Waals surface area contributed by atoms with Gasteiger partial charge >= 0.3 is 0 Å². The predicted octanol–water partition coefficient (Wildman–Crippen LogP) is 2.64. The summed E-state index contributed by atoms with van der Waals surface area (Å²) < 4.78 is 0. The summed E-state index contributed by atoms with van der Waals surface area (Å²) in [6.07, 6.45) is 8.28. The highest BCUT2D eigenvalue weighted by Crippen LogP contribution is 2.29. The van der Waals surface area contributed by atoms with E-state index in [9.17, 15) is 4.79 Å². The molecule has 0 spiro atoms. The van der Waals surface area contributed by atoms with E-state index < -0.39 is 0 Å². The fourth-order valence-corrected chi connectivity index (χ4v) is 2.81. The number of hydrogen-bond donors (Lipinski definition) is 0. The third kappa shape index (κ3) is 3.80. The molecule has 11 heavy (non-hydrogen) atoms. The molecule has 0 bridgehead atoms. The Morgan fingerprint density at radius 3 is 3.00 bits per heavy atom. The first-order valence-electron chi connectivity index (χ1n) is 4.48. The minimum Gasteiger partial charge on any atom is -0.303 e. The molecule has 0 aromatic carbocycles. The molecular formula is C9H16OS. The molecule has 0 aromatic rings. The second-order valence-electron chi connectivity index (χ2n) is 3.09. The SMILES string of the molecule is O=CCCCC[C@@H]1CCCS1. The molecule has 0 amide bonds. The molecule has 1 aliphatic rings. The first kappa shape index (κ1) is 9.11. The molecule has 2 heteroatoms. The molecule has 0 unspecified atom stereocenters. The maximum atomic E-state index is 10.00. The van der Waals surface area contributed by atoms with E-state index in [0.29, 0.717) is 0 Å². The fraction of sp³-hybridized carbons (Fsp3) is 0.889. The van der Waals surface area contributed by atoms with Crippen LogP contribution in [0.2, 0.25) is 0 Å². The number of rotatable bonds is 5. The van der Waals surface area contributed by atoms with E-state index in [-0.39, 0.29) is 0 Å². The van der Waals surface area contributed by atoms with Gasteiger partial charge in [0.25, 0.3) is 0 Å². The van der Waals surface area contributed by atoms with Crippen molar-refractivity contribution in [1.82, 2.24) is 0 Å². The molecule has 1 atom stereocenters. The van der Waals surface area contributed by atoms with Crippen molar-refractivity contribution in [2.24, 2.45) is 0 Å². The van der Waals surface area contributed by atoms with Crippen LogP contribution in [0, 0.1) is 0 Å². The molecule has 0 N–H and O–H groups in total. The van der Waals surface area contributed by atoms with E-state index in [0.717, 1.165) is 24.4 Å². The zero-order chi connectivity index (χ0) is 7.94. The Balaban J connectivity index is 1.89. The van der Waals surface area contributed by atoms with Crippen molar-refractivity contribution in [3.05, 3.63) is 0 Å². The van der Waals surface area contributed by atoms with Gasteiger partial charge in [-0.2, -0.15) is 11.8 Å². The van der Waals surface area contributed by atoms with E-state index in [4.69, 9.17) is 0 Å². The molecule has 0 saturated carbocycles. The second-order valence-corrected chi connectivity index (χ2v) is 4.49. The minimum absolute atomic E-state index is 0.761. The van der Waals surface area contributed by atoms with Crippen molar-refractivity contribution in [2.45, 2.75) is 43.8 Å². The lowest BCUT2D eigenvalue weighted by Crippen LogP contribution is -1.95. The van der Waals surface area contributed by atoms with Gasteiger partial charge in [-0.05, 0) is 31.4 Å². The first-order chi connectivity index (χ1) is 5.43. The van der Waals surface area contributed by atoms with Crippen LogP contribution in [0.15, 0.2) is 0 Å². The van der Waals surface area contributed by atoms with Gasteiger partial charge in [0.05, 0.1) is 0 Å². The monoisotopic (exact) mass is 172 g/mol. The van der Waals surface area contributed by atoms with Crippen LogP contribution in [-0.4, -0.2) is 17.3 Å². The van der Waals surface area contributed by atoms with E-state index in [2.05, 4.69) is 11.8 Å². The number of thioether (sulfide) groups is 1. The van der Waals surface area contributed by atoms with Gasteiger partial charge in [0.15, 0.2) is 0 Å². The summed E-state index contributed by atoms with van der Waals surface area (Å²) >= 11 is 2.11. The summed E-state index contributed by atoms with van der Waals surface area (Å²) in [6, 6.07) is 0.